The van der Waals surface area contributed by atoms with Crippen molar-refractivity contribution in [3.63, 3.8) is 0 Å². The summed E-state index contributed by atoms with van der Waals surface area (Å²) >= 11 is 0. The molecule has 100 valence electrons. The number of amides is 1. The Balaban J connectivity index is 3.22. The van der Waals surface area contributed by atoms with Gasteiger partial charge in [0.25, 0.3) is 0 Å². The molecule has 0 radical (unpaired) electrons. The van der Waals surface area contributed by atoms with E-state index in [2.05, 4.69) is 52.1 Å². The van der Waals surface area contributed by atoms with E-state index in [9.17, 15) is 4.79 Å². The standard InChI is InChI=1S/C15H23NO2/c1-10(2)11-6-7-12(15(3,4)5)13(8-11)16-14(18)9-17/h6-8,10,17H,9H2,1-5H3,(H,16,18). The van der Waals surface area contributed by atoms with Crippen LogP contribution in [-0.2, 0) is 10.2 Å². The molecule has 3 nitrogen and oxygen atoms in total. The third kappa shape index (κ3) is 3.57. The normalized spacial score (nSPS) is 11.7. The lowest BCUT2D eigenvalue weighted by Crippen LogP contribution is -2.21. The summed E-state index contributed by atoms with van der Waals surface area (Å²) in [6.07, 6.45) is 0. The summed E-state index contributed by atoms with van der Waals surface area (Å²) in [5, 5.41) is 11.6. The van der Waals surface area contributed by atoms with Gasteiger partial charge in [0.1, 0.15) is 6.61 Å². The summed E-state index contributed by atoms with van der Waals surface area (Å²) in [6, 6.07) is 6.15. The number of hydrogen-bond acceptors (Lipinski definition) is 2. The molecule has 2 N–H and O–H groups in total. The van der Waals surface area contributed by atoms with E-state index in [-0.39, 0.29) is 11.3 Å². The Kier molecular flexibility index (Phi) is 4.52. The summed E-state index contributed by atoms with van der Waals surface area (Å²) in [5.74, 6) is 0.0326. The van der Waals surface area contributed by atoms with Gasteiger partial charge in [0.05, 0.1) is 0 Å². The number of rotatable bonds is 3. The molecular weight excluding hydrogens is 226 g/mol. The number of benzene rings is 1. The first-order valence-corrected chi connectivity index (χ1v) is 6.31. The van der Waals surface area contributed by atoms with E-state index < -0.39 is 6.61 Å². The fraction of sp³-hybridized carbons (Fsp3) is 0.533. The highest BCUT2D eigenvalue weighted by Crippen LogP contribution is 2.32. The number of carbonyl (C=O) groups is 1. The molecule has 0 aromatic heterocycles. The first-order chi connectivity index (χ1) is 8.25. The molecular formula is C15H23NO2. The van der Waals surface area contributed by atoms with Crippen LogP contribution in [0.1, 0.15) is 51.7 Å². The van der Waals surface area contributed by atoms with Crippen LogP contribution >= 0.6 is 0 Å². The lowest BCUT2D eigenvalue weighted by atomic mass is 9.84. The molecule has 3 heteroatoms. The van der Waals surface area contributed by atoms with Crippen LogP contribution in [0.5, 0.6) is 0 Å². The zero-order valence-electron chi connectivity index (χ0n) is 11.9. The molecule has 0 aliphatic rings. The van der Waals surface area contributed by atoms with Gasteiger partial charge in [-0.05, 0) is 28.5 Å². The molecule has 1 amide bonds. The number of aliphatic hydroxyl groups is 1. The lowest BCUT2D eigenvalue weighted by molar-refractivity contribution is -0.118. The first kappa shape index (κ1) is 14.7. The SMILES string of the molecule is CC(C)c1ccc(C(C)(C)C)c(NC(=O)CO)c1. The third-order valence-electron chi connectivity index (χ3n) is 2.94. The minimum Gasteiger partial charge on any atom is -0.387 e. The average molecular weight is 249 g/mol. The highest BCUT2D eigenvalue weighted by atomic mass is 16.3. The molecule has 0 unspecified atom stereocenters. The minimum absolute atomic E-state index is 0.0480. The van der Waals surface area contributed by atoms with E-state index in [1.54, 1.807) is 0 Å². The van der Waals surface area contributed by atoms with Crippen molar-refractivity contribution in [2.24, 2.45) is 0 Å². The van der Waals surface area contributed by atoms with Crippen LogP contribution in [0.3, 0.4) is 0 Å². The highest BCUT2D eigenvalue weighted by molar-refractivity contribution is 5.92. The van der Waals surface area contributed by atoms with Crippen LogP contribution in [0.4, 0.5) is 5.69 Å². The van der Waals surface area contributed by atoms with E-state index in [0.29, 0.717) is 5.92 Å². The average Bonchev–Trinajstić information content (AvgIpc) is 2.27. The number of carbonyl (C=O) groups excluding carboxylic acids is 1. The number of nitrogens with one attached hydrogen (secondary N) is 1. The molecule has 1 aromatic rings. The molecule has 0 saturated heterocycles. The Morgan fingerprint density at radius 2 is 1.94 bits per heavy atom. The van der Waals surface area contributed by atoms with Crippen molar-refractivity contribution in [1.82, 2.24) is 0 Å². The molecule has 0 saturated carbocycles. The van der Waals surface area contributed by atoms with Gasteiger partial charge in [0.2, 0.25) is 5.91 Å². The summed E-state index contributed by atoms with van der Waals surface area (Å²) in [6.45, 7) is 10.0. The second-order valence-corrected chi connectivity index (χ2v) is 5.92. The molecule has 1 rings (SSSR count). The smallest absolute Gasteiger partial charge is 0.250 e. The van der Waals surface area contributed by atoms with Crippen molar-refractivity contribution >= 4 is 11.6 Å². The van der Waals surface area contributed by atoms with E-state index in [4.69, 9.17) is 5.11 Å². The van der Waals surface area contributed by atoms with Crippen LogP contribution in [0, 0.1) is 0 Å². The highest BCUT2D eigenvalue weighted by Gasteiger charge is 2.19. The van der Waals surface area contributed by atoms with Gasteiger partial charge in [-0.2, -0.15) is 0 Å². The van der Waals surface area contributed by atoms with Crippen molar-refractivity contribution in [2.75, 3.05) is 11.9 Å². The van der Waals surface area contributed by atoms with Gasteiger partial charge in [-0.25, -0.2) is 0 Å². The molecule has 0 spiro atoms. The molecule has 0 aliphatic heterocycles. The van der Waals surface area contributed by atoms with Gasteiger partial charge in [-0.3, -0.25) is 4.79 Å². The lowest BCUT2D eigenvalue weighted by Gasteiger charge is -2.24. The maximum atomic E-state index is 11.4. The topological polar surface area (TPSA) is 49.3 Å². The van der Waals surface area contributed by atoms with Crippen LogP contribution in [-0.4, -0.2) is 17.6 Å². The number of hydrogen-bond donors (Lipinski definition) is 2. The molecule has 0 bridgehead atoms. The van der Waals surface area contributed by atoms with E-state index in [0.717, 1.165) is 11.3 Å². The maximum Gasteiger partial charge on any atom is 0.250 e. The second-order valence-electron chi connectivity index (χ2n) is 5.92. The van der Waals surface area contributed by atoms with Gasteiger partial charge >= 0.3 is 0 Å². The molecule has 18 heavy (non-hydrogen) atoms. The van der Waals surface area contributed by atoms with Gasteiger partial charge in [-0.1, -0.05) is 46.8 Å². The molecule has 1 aromatic carbocycles. The van der Waals surface area contributed by atoms with Crippen molar-refractivity contribution in [3.05, 3.63) is 29.3 Å². The molecule has 0 heterocycles. The van der Waals surface area contributed by atoms with E-state index in [1.165, 1.54) is 5.56 Å². The fourth-order valence-corrected chi connectivity index (χ4v) is 1.87. The van der Waals surface area contributed by atoms with Gasteiger partial charge in [0, 0.05) is 5.69 Å². The van der Waals surface area contributed by atoms with Gasteiger partial charge in [-0.15, -0.1) is 0 Å². The van der Waals surface area contributed by atoms with E-state index in [1.807, 2.05) is 6.07 Å². The van der Waals surface area contributed by atoms with Gasteiger partial charge < -0.3 is 10.4 Å². The molecule has 0 atom stereocenters. The van der Waals surface area contributed by atoms with Crippen LogP contribution < -0.4 is 5.32 Å². The maximum absolute atomic E-state index is 11.4. The molecule has 0 aliphatic carbocycles. The van der Waals surface area contributed by atoms with E-state index >= 15 is 0 Å². The summed E-state index contributed by atoms with van der Waals surface area (Å²) in [4.78, 5) is 11.4. The van der Waals surface area contributed by atoms with Crippen LogP contribution in [0.25, 0.3) is 0 Å². The third-order valence-corrected chi connectivity index (χ3v) is 2.94. The minimum atomic E-state index is -0.491. The van der Waals surface area contributed by atoms with Crippen LogP contribution in [0.15, 0.2) is 18.2 Å². The summed E-state index contributed by atoms with van der Waals surface area (Å²) in [5.41, 5.74) is 3.01. The zero-order chi connectivity index (χ0) is 13.9. The largest absolute Gasteiger partial charge is 0.387 e. The predicted molar refractivity (Wildman–Crippen MR) is 74.9 cm³/mol. The Bertz CT molecular complexity index is 431. The van der Waals surface area contributed by atoms with Crippen molar-refractivity contribution < 1.29 is 9.90 Å². The Labute approximate surface area is 109 Å². The second kappa shape index (κ2) is 5.53. The molecule has 0 fully saturated rings. The van der Waals surface area contributed by atoms with Crippen molar-refractivity contribution in [3.8, 4) is 0 Å². The Hall–Kier alpha value is -1.35. The summed E-state index contributed by atoms with van der Waals surface area (Å²) < 4.78 is 0. The summed E-state index contributed by atoms with van der Waals surface area (Å²) in [7, 11) is 0. The fourth-order valence-electron chi connectivity index (χ4n) is 1.87. The Morgan fingerprint density at radius 1 is 1.33 bits per heavy atom. The first-order valence-electron chi connectivity index (χ1n) is 6.31. The van der Waals surface area contributed by atoms with Crippen LogP contribution in [0.2, 0.25) is 0 Å². The monoisotopic (exact) mass is 249 g/mol. The Morgan fingerprint density at radius 3 is 2.39 bits per heavy atom. The van der Waals surface area contributed by atoms with Gasteiger partial charge in [0.15, 0.2) is 0 Å². The number of aliphatic hydroxyl groups excluding tert-OH is 1. The predicted octanol–water partition coefficient (Wildman–Crippen LogP) is 3.04. The van der Waals surface area contributed by atoms with Crippen molar-refractivity contribution in [2.45, 2.75) is 46.0 Å². The number of anilines is 1. The zero-order valence-corrected chi connectivity index (χ0v) is 11.9. The van der Waals surface area contributed by atoms with Crippen molar-refractivity contribution in [1.29, 1.82) is 0 Å². The quantitative estimate of drug-likeness (QED) is 0.865.